The van der Waals surface area contributed by atoms with Crippen molar-refractivity contribution < 1.29 is 23.1 Å². The van der Waals surface area contributed by atoms with E-state index < -0.39 is 46.7 Å². The van der Waals surface area contributed by atoms with E-state index in [1.807, 2.05) is 32.8 Å². The largest absolute Gasteiger partial charge is 0.466 e. The minimum absolute atomic E-state index is 0.0442. The summed E-state index contributed by atoms with van der Waals surface area (Å²) in [5.41, 5.74) is 1.64. The molecule has 0 fully saturated rings. The number of nitrogens with zero attached hydrogens (tertiary/aromatic N) is 2. The molecule has 3 aromatic rings. The second kappa shape index (κ2) is 15.2. The summed E-state index contributed by atoms with van der Waals surface area (Å²) in [5.74, 6) is -2.38. The molecule has 2 aromatic carbocycles. The maximum Gasteiger partial charge on any atom is 0.316 e. The van der Waals surface area contributed by atoms with Crippen LogP contribution in [0.15, 0.2) is 40.1 Å². The van der Waals surface area contributed by atoms with Gasteiger partial charge in [0.25, 0.3) is 0 Å². The van der Waals surface area contributed by atoms with Gasteiger partial charge in [-0.25, -0.2) is 8.78 Å². The molecule has 0 bridgehead atoms. The third kappa shape index (κ3) is 8.97. The average molecular weight is 627 g/mol. The summed E-state index contributed by atoms with van der Waals surface area (Å²) in [4.78, 5) is 57.0. The SMILES string of the molecule is CCOC(=O)C[C@H](NC(=O)[C@H](CC(C)C)n1cc(CCN(C)C)[nH]c(=O)c1=O)c1cc(-c2c(C)cc(F)cc2C)cc(C)c1F. The molecule has 0 saturated heterocycles. The Morgan fingerprint density at radius 3 is 2.24 bits per heavy atom. The van der Waals surface area contributed by atoms with Crippen molar-refractivity contribution in [1.29, 1.82) is 0 Å². The molecule has 9 nitrogen and oxygen atoms in total. The van der Waals surface area contributed by atoms with E-state index in [1.54, 1.807) is 39.8 Å². The molecule has 244 valence electrons. The van der Waals surface area contributed by atoms with Crippen LogP contribution in [0.4, 0.5) is 8.78 Å². The lowest BCUT2D eigenvalue weighted by atomic mass is 9.90. The van der Waals surface area contributed by atoms with E-state index in [9.17, 15) is 23.6 Å². The van der Waals surface area contributed by atoms with Crippen LogP contribution in [0.1, 0.15) is 73.6 Å². The Morgan fingerprint density at radius 2 is 1.67 bits per heavy atom. The van der Waals surface area contributed by atoms with Gasteiger partial charge >= 0.3 is 17.1 Å². The highest BCUT2D eigenvalue weighted by molar-refractivity contribution is 5.82. The Kier molecular flexibility index (Phi) is 12.0. The monoisotopic (exact) mass is 626 g/mol. The number of nitrogens with one attached hydrogen (secondary N) is 2. The number of aromatic amines is 1. The van der Waals surface area contributed by atoms with E-state index >= 15 is 4.39 Å². The number of rotatable bonds is 13. The highest BCUT2D eigenvalue weighted by Gasteiger charge is 2.30. The lowest BCUT2D eigenvalue weighted by Gasteiger charge is -2.26. The van der Waals surface area contributed by atoms with Gasteiger partial charge in [0, 0.05) is 30.4 Å². The molecule has 0 saturated carbocycles. The number of carbonyl (C=O) groups excluding carboxylic acids is 2. The van der Waals surface area contributed by atoms with Gasteiger partial charge in [-0.2, -0.15) is 0 Å². The van der Waals surface area contributed by atoms with E-state index in [2.05, 4.69) is 10.3 Å². The predicted octanol–water partition coefficient (Wildman–Crippen LogP) is 4.91. The highest BCUT2D eigenvalue weighted by atomic mass is 19.1. The molecule has 1 heterocycles. The molecule has 0 aliphatic heterocycles. The van der Waals surface area contributed by atoms with E-state index in [1.165, 1.54) is 18.3 Å². The van der Waals surface area contributed by atoms with Crippen LogP contribution in [0.2, 0.25) is 0 Å². The van der Waals surface area contributed by atoms with Crippen LogP contribution in [-0.2, 0) is 20.7 Å². The van der Waals surface area contributed by atoms with Gasteiger partial charge in [0.1, 0.15) is 17.7 Å². The summed E-state index contributed by atoms with van der Waals surface area (Å²) >= 11 is 0. The van der Waals surface area contributed by atoms with Crippen LogP contribution >= 0.6 is 0 Å². The lowest BCUT2D eigenvalue weighted by Crippen LogP contribution is -2.45. The highest BCUT2D eigenvalue weighted by Crippen LogP contribution is 2.34. The first-order valence-corrected chi connectivity index (χ1v) is 15.1. The van der Waals surface area contributed by atoms with Gasteiger partial charge in [0.2, 0.25) is 5.91 Å². The summed E-state index contributed by atoms with van der Waals surface area (Å²) in [6, 6.07) is 3.69. The number of hydrogen-bond acceptors (Lipinski definition) is 6. The molecule has 45 heavy (non-hydrogen) atoms. The zero-order valence-corrected chi connectivity index (χ0v) is 27.3. The van der Waals surface area contributed by atoms with E-state index in [0.717, 1.165) is 4.57 Å². The van der Waals surface area contributed by atoms with Crippen LogP contribution < -0.4 is 16.4 Å². The minimum Gasteiger partial charge on any atom is -0.466 e. The van der Waals surface area contributed by atoms with Gasteiger partial charge in [-0.15, -0.1) is 0 Å². The van der Waals surface area contributed by atoms with Crippen molar-refractivity contribution in [3.63, 3.8) is 0 Å². The molecular weight excluding hydrogens is 582 g/mol. The number of ether oxygens (including phenoxy) is 1. The standard InChI is InChI=1S/C34H44F2N4O5/c1-9-45-29(41)17-27(26-16-23(13-22(6)31(26)36)30-20(4)14-24(35)15-21(30)5)38-32(42)28(12-19(2)3)40-18-25(10-11-39(7)8)37-33(43)34(40)44/h13-16,18-19,27-28H,9-12,17H2,1-8H3,(H,37,43)(H,38,42)/t27-,28-/m0/s1. The number of likely N-dealkylation sites (N-methyl/N-ethyl adjacent to an activating group) is 1. The Labute approximate surface area is 262 Å². The third-order valence-corrected chi connectivity index (χ3v) is 7.60. The van der Waals surface area contributed by atoms with Crippen LogP contribution in [0, 0.1) is 38.3 Å². The molecule has 3 rings (SSSR count). The Hall–Kier alpha value is -4.12. The number of hydrogen-bond donors (Lipinski definition) is 2. The van der Waals surface area contributed by atoms with Crippen molar-refractivity contribution in [2.24, 2.45) is 5.92 Å². The third-order valence-electron chi connectivity index (χ3n) is 7.60. The number of aryl methyl sites for hydroxylation is 3. The van der Waals surface area contributed by atoms with Crippen molar-refractivity contribution in [3.8, 4) is 11.1 Å². The van der Waals surface area contributed by atoms with E-state index in [-0.39, 0.29) is 36.5 Å². The number of esters is 1. The van der Waals surface area contributed by atoms with Crippen LogP contribution in [-0.4, -0.2) is 53.6 Å². The maximum atomic E-state index is 15.9. The molecule has 2 atom stereocenters. The van der Waals surface area contributed by atoms with Crippen molar-refractivity contribution >= 4 is 11.9 Å². The molecule has 1 amide bonds. The van der Waals surface area contributed by atoms with E-state index in [0.29, 0.717) is 40.9 Å². The van der Waals surface area contributed by atoms with Gasteiger partial charge in [0.05, 0.1) is 19.1 Å². The predicted molar refractivity (Wildman–Crippen MR) is 170 cm³/mol. The Morgan fingerprint density at radius 1 is 1.02 bits per heavy atom. The molecule has 11 heteroatoms. The number of carbonyl (C=O) groups is 2. The zero-order chi connectivity index (χ0) is 33.6. The van der Waals surface area contributed by atoms with Gasteiger partial charge in [-0.1, -0.05) is 13.8 Å². The quantitative estimate of drug-likeness (QED) is 0.206. The Bertz CT molecular complexity index is 1640. The van der Waals surface area contributed by atoms with Crippen LogP contribution in [0.3, 0.4) is 0 Å². The second-order valence-electron chi connectivity index (χ2n) is 12.2. The summed E-state index contributed by atoms with van der Waals surface area (Å²) in [6.07, 6.45) is 1.73. The van der Waals surface area contributed by atoms with Crippen molar-refractivity contribution in [2.75, 3.05) is 27.2 Å². The fraction of sp³-hybridized carbons (Fsp3) is 0.471. The first-order chi connectivity index (χ1) is 21.1. The summed E-state index contributed by atoms with van der Waals surface area (Å²) in [5, 5.41) is 2.81. The van der Waals surface area contributed by atoms with Gasteiger partial charge in [-0.05, 0) is 106 Å². The zero-order valence-electron chi connectivity index (χ0n) is 27.3. The van der Waals surface area contributed by atoms with Crippen molar-refractivity contribution in [2.45, 2.75) is 72.9 Å². The summed E-state index contributed by atoms with van der Waals surface area (Å²) < 4.78 is 36.3. The van der Waals surface area contributed by atoms with E-state index in [4.69, 9.17) is 4.74 Å². The molecule has 2 N–H and O–H groups in total. The van der Waals surface area contributed by atoms with Crippen LogP contribution in [0.5, 0.6) is 0 Å². The Balaban J connectivity index is 2.14. The first-order valence-electron chi connectivity index (χ1n) is 15.1. The first kappa shape index (κ1) is 35.4. The molecule has 0 aliphatic carbocycles. The fourth-order valence-corrected chi connectivity index (χ4v) is 5.53. The topological polar surface area (TPSA) is 114 Å². The van der Waals surface area contributed by atoms with Gasteiger partial charge < -0.3 is 19.9 Å². The molecular formula is C34H44F2N4O5. The molecule has 0 aliphatic rings. The van der Waals surface area contributed by atoms with Gasteiger partial charge in [0.15, 0.2) is 0 Å². The number of H-pyrrole nitrogens is 1. The van der Waals surface area contributed by atoms with Gasteiger partial charge in [-0.3, -0.25) is 23.7 Å². The minimum atomic E-state index is -1.17. The van der Waals surface area contributed by atoms with Crippen molar-refractivity contribution in [1.82, 2.24) is 19.8 Å². The van der Waals surface area contributed by atoms with Crippen molar-refractivity contribution in [3.05, 3.63) is 90.8 Å². The fourth-order valence-electron chi connectivity index (χ4n) is 5.53. The van der Waals surface area contributed by atoms with Crippen LogP contribution in [0.25, 0.3) is 11.1 Å². The summed E-state index contributed by atoms with van der Waals surface area (Å²) in [6.45, 7) is 11.2. The molecule has 0 radical (unpaired) electrons. The normalized spacial score (nSPS) is 12.8. The molecule has 1 aromatic heterocycles. The number of halogens is 2. The number of aromatic nitrogens is 2. The molecule has 0 spiro atoms. The lowest BCUT2D eigenvalue weighted by molar-refractivity contribution is -0.144. The second-order valence-corrected chi connectivity index (χ2v) is 12.2. The molecule has 0 unspecified atom stereocenters. The summed E-state index contributed by atoms with van der Waals surface area (Å²) in [7, 11) is 3.75. The number of benzene rings is 2. The average Bonchev–Trinajstić information content (AvgIpc) is 2.93. The smallest absolute Gasteiger partial charge is 0.316 e. The maximum absolute atomic E-state index is 15.9. The number of amides is 1.